The Hall–Kier alpha value is -3.79. The smallest absolute Gasteiger partial charge is 0.229 e. The van der Waals surface area contributed by atoms with E-state index in [1.54, 1.807) is 18.3 Å². The lowest BCUT2D eigenvalue weighted by Crippen LogP contribution is -2.29. The van der Waals surface area contributed by atoms with Crippen molar-refractivity contribution in [3.05, 3.63) is 77.5 Å². The van der Waals surface area contributed by atoms with Gasteiger partial charge in [-0.25, -0.2) is 15.0 Å². The van der Waals surface area contributed by atoms with Crippen LogP contribution in [0.25, 0.3) is 0 Å². The molecule has 152 valence electrons. The lowest BCUT2D eigenvalue weighted by atomic mass is 9.87. The van der Waals surface area contributed by atoms with Crippen molar-refractivity contribution in [3.63, 3.8) is 0 Å². The number of pyridine rings is 1. The number of anilines is 1. The third-order valence-electron chi connectivity index (χ3n) is 4.86. The SMILES string of the molecule is Cc1ncc(OCC(c2ccccc2)[C@@H](C)C(=O)Nc2cc(C#N)ccn2)c(C)n1. The number of hydrogen-bond donors (Lipinski definition) is 1. The van der Waals surface area contributed by atoms with E-state index in [0.717, 1.165) is 11.3 Å². The summed E-state index contributed by atoms with van der Waals surface area (Å²) in [5.74, 6) is 0.808. The standard InChI is InChI=1S/C23H23N5O2/c1-15(23(29)28-22-11-18(12-24)9-10-25-22)20(19-7-5-4-6-8-19)14-30-21-13-26-17(3)27-16(21)2/h4-11,13,15,20H,14H2,1-3H3,(H,25,28,29)/t15-,20?/m1/s1. The Balaban J connectivity index is 1.79. The molecular formula is C23H23N5O2. The molecule has 1 amide bonds. The van der Waals surface area contributed by atoms with Gasteiger partial charge in [-0.05, 0) is 31.5 Å². The minimum atomic E-state index is -0.411. The van der Waals surface area contributed by atoms with E-state index in [2.05, 4.69) is 20.3 Å². The van der Waals surface area contributed by atoms with Crippen LogP contribution in [0.1, 0.15) is 35.5 Å². The molecule has 3 aromatic rings. The summed E-state index contributed by atoms with van der Waals surface area (Å²) in [6.45, 7) is 5.83. The number of aromatic nitrogens is 3. The Labute approximate surface area is 175 Å². The summed E-state index contributed by atoms with van der Waals surface area (Å²) in [7, 11) is 0. The fourth-order valence-electron chi connectivity index (χ4n) is 3.11. The molecule has 2 aromatic heterocycles. The van der Waals surface area contributed by atoms with Crippen molar-refractivity contribution < 1.29 is 9.53 Å². The highest BCUT2D eigenvalue weighted by Crippen LogP contribution is 2.27. The Bertz CT molecular complexity index is 1060. The largest absolute Gasteiger partial charge is 0.489 e. The number of rotatable bonds is 7. The minimum absolute atomic E-state index is 0.202. The topological polar surface area (TPSA) is 101 Å². The van der Waals surface area contributed by atoms with Crippen LogP contribution in [0.3, 0.4) is 0 Å². The highest BCUT2D eigenvalue weighted by atomic mass is 16.5. The Kier molecular flexibility index (Phi) is 6.71. The van der Waals surface area contributed by atoms with Gasteiger partial charge in [0.25, 0.3) is 0 Å². The van der Waals surface area contributed by atoms with Gasteiger partial charge >= 0.3 is 0 Å². The van der Waals surface area contributed by atoms with Crippen molar-refractivity contribution >= 4 is 11.7 Å². The lowest BCUT2D eigenvalue weighted by molar-refractivity contribution is -0.120. The van der Waals surface area contributed by atoms with Gasteiger partial charge in [0.15, 0.2) is 5.75 Å². The van der Waals surface area contributed by atoms with E-state index >= 15 is 0 Å². The van der Waals surface area contributed by atoms with Crippen molar-refractivity contribution in [2.75, 3.05) is 11.9 Å². The molecule has 7 nitrogen and oxygen atoms in total. The molecule has 3 rings (SSSR count). The fraction of sp³-hybridized carbons (Fsp3) is 0.261. The van der Waals surface area contributed by atoms with Gasteiger partial charge in [0.2, 0.25) is 5.91 Å². The summed E-state index contributed by atoms with van der Waals surface area (Å²) in [4.78, 5) is 25.6. The van der Waals surface area contributed by atoms with E-state index < -0.39 is 5.92 Å². The normalized spacial score (nSPS) is 12.5. The van der Waals surface area contributed by atoms with Crippen LogP contribution < -0.4 is 10.1 Å². The van der Waals surface area contributed by atoms with E-state index in [4.69, 9.17) is 10.00 Å². The molecule has 0 fully saturated rings. The van der Waals surface area contributed by atoms with Crippen LogP contribution in [0.5, 0.6) is 5.75 Å². The Morgan fingerprint density at radius 1 is 1.20 bits per heavy atom. The third-order valence-corrected chi connectivity index (χ3v) is 4.86. The summed E-state index contributed by atoms with van der Waals surface area (Å²) in [5, 5.41) is 11.8. The zero-order valence-corrected chi connectivity index (χ0v) is 17.2. The number of carbonyl (C=O) groups is 1. The third kappa shape index (κ3) is 5.17. The molecule has 0 aliphatic heterocycles. The molecule has 1 N–H and O–H groups in total. The molecule has 0 aliphatic rings. The first-order valence-corrected chi connectivity index (χ1v) is 9.63. The summed E-state index contributed by atoms with van der Waals surface area (Å²) in [6.07, 6.45) is 3.15. The van der Waals surface area contributed by atoms with Crippen LogP contribution in [0.4, 0.5) is 5.82 Å². The van der Waals surface area contributed by atoms with Gasteiger partial charge in [-0.2, -0.15) is 5.26 Å². The molecule has 0 aliphatic carbocycles. The summed E-state index contributed by atoms with van der Waals surface area (Å²) >= 11 is 0. The van der Waals surface area contributed by atoms with Crippen LogP contribution in [-0.4, -0.2) is 27.5 Å². The average molecular weight is 401 g/mol. The van der Waals surface area contributed by atoms with Crippen molar-refractivity contribution in [3.8, 4) is 11.8 Å². The number of benzene rings is 1. The van der Waals surface area contributed by atoms with Crippen molar-refractivity contribution in [2.24, 2.45) is 5.92 Å². The molecule has 0 radical (unpaired) electrons. The fourth-order valence-corrected chi connectivity index (χ4v) is 3.11. The summed E-state index contributed by atoms with van der Waals surface area (Å²) < 4.78 is 6.00. The number of amides is 1. The second-order valence-electron chi connectivity index (χ2n) is 7.01. The second kappa shape index (κ2) is 9.61. The maximum Gasteiger partial charge on any atom is 0.229 e. The lowest BCUT2D eigenvalue weighted by Gasteiger charge is -2.24. The maximum absolute atomic E-state index is 12.9. The molecule has 2 atom stereocenters. The molecule has 0 saturated heterocycles. The second-order valence-corrected chi connectivity index (χ2v) is 7.01. The summed E-state index contributed by atoms with van der Waals surface area (Å²) in [5.41, 5.74) is 2.18. The first-order chi connectivity index (χ1) is 14.5. The molecule has 0 spiro atoms. The molecule has 0 bridgehead atoms. The number of carbonyl (C=O) groups excluding carboxylic acids is 1. The molecule has 1 aromatic carbocycles. The van der Waals surface area contributed by atoms with E-state index in [9.17, 15) is 4.79 Å². The molecule has 7 heteroatoms. The number of nitriles is 1. The first kappa shape index (κ1) is 20.9. The van der Waals surface area contributed by atoms with Crippen molar-refractivity contribution in [1.82, 2.24) is 15.0 Å². The zero-order chi connectivity index (χ0) is 21.5. The van der Waals surface area contributed by atoms with E-state index in [1.165, 1.54) is 6.20 Å². The Morgan fingerprint density at radius 2 is 1.97 bits per heavy atom. The highest BCUT2D eigenvalue weighted by molar-refractivity contribution is 5.92. The van der Waals surface area contributed by atoms with Crippen LogP contribution >= 0.6 is 0 Å². The number of hydrogen-bond acceptors (Lipinski definition) is 6. The molecule has 0 saturated carbocycles. The molecule has 2 heterocycles. The van der Waals surface area contributed by atoms with Crippen molar-refractivity contribution in [1.29, 1.82) is 5.26 Å². The van der Waals surface area contributed by atoms with E-state index in [1.807, 2.05) is 57.2 Å². The van der Waals surface area contributed by atoms with Crippen LogP contribution in [0.15, 0.2) is 54.9 Å². The van der Waals surface area contributed by atoms with Gasteiger partial charge in [0.1, 0.15) is 11.6 Å². The molecule has 30 heavy (non-hydrogen) atoms. The molecular weight excluding hydrogens is 378 g/mol. The summed E-state index contributed by atoms with van der Waals surface area (Å²) in [6, 6.07) is 14.9. The zero-order valence-electron chi connectivity index (χ0n) is 17.2. The van der Waals surface area contributed by atoms with Gasteiger partial charge in [0, 0.05) is 18.0 Å². The van der Waals surface area contributed by atoms with Gasteiger partial charge in [0.05, 0.1) is 30.1 Å². The van der Waals surface area contributed by atoms with Crippen LogP contribution in [-0.2, 0) is 4.79 Å². The predicted octanol–water partition coefficient (Wildman–Crippen LogP) is 3.80. The number of ether oxygens (including phenoxy) is 1. The quantitative estimate of drug-likeness (QED) is 0.646. The van der Waals surface area contributed by atoms with E-state index in [-0.39, 0.29) is 18.4 Å². The van der Waals surface area contributed by atoms with Gasteiger partial charge < -0.3 is 10.1 Å². The average Bonchev–Trinajstić information content (AvgIpc) is 2.76. The van der Waals surface area contributed by atoms with E-state index in [0.29, 0.717) is 23.0 Å². The van der Waals surface area contributed by atoms with Crippen LogP contribution in [0.2, 0.25) is 0 Å². The highest BCUT2D eigenvalue weighted by Gasteiger charge is 2.27. The predicted molar refractivity (Wildman–Crippen MR) is 113 cm³/mol. The number of nitrogens with one attached hydrogen (secondary N) is 1. The number of nitrogens with zero attached hydrogens (tertiary/aromatic N) is 4. The van der Waals surface area contributed by atoms with Crippen LogP contribution in [0, 0.1) is 31.1 Å². The van der Waals surface area contributed by atoms with Gasteiger partial charge in [-0.1, -0.05) is 37.3 Å². The number of aryl methyl sites for hydroxylation is 2. The van der Waals surface area contributed by atoms with Crippen molar-refractivity contribution in [2.45, 2.75) is 26.7 Å². The monoisotopic (exact) mass is 401 g/mol. The van der Waals surface area contributed by atoms with Gasteiger partial charge in [-0.3, -0.25) is 4.79 Å². The van der Waals surface area contributed by atoms with Gasteiger partial charge in [-0.15, -0.1) is 0 Å². The maximum atomic E-state index is 12.9. The Morgan fingerprint density at radius 3 is 2.67 bits per heavy atom. The molecule has 1 unspecified atom stereocenters. The minimum Gasteiger partial charge on any atom is -0.489 e. The first-order valence-electron chi connectivity index (χ1n) is 9.63.